The number of rotatable bonds is 5. The highest BCUT2D eigenvalue weighted by molar-refractivity contribution is 4.74. The Kier molecular flexibility index (Phi) is 4.58. The normalized spacial score (nSPS) is 25.0. The lowest BCUT2D eigenvalue weighted by atomic mass is 10.1. The molecular formula is C9H18NO2. The molecule has 0 aromatic carbocycles. The molecule has 0 aliphatic carbocycles. The smallest absolute Gasteiger partial charge is 0.0863 e. The minimum atomic E-state index is 0.0799. The second-order valence-electron chi connectivity index (χ2n) is 3.55. The first-order valence-corrected chi connectivity index (χ1v) is 4.78. The Balaban J connectivity index is 2.03. The van der Waals surface area contributed by atoms with Crippen molar-refractivity contribution >= 4 is 0 Å². The predicted molar refractivity (Wildman–Crippen MR) is 46.4 cm³/mol. The van der Waals surface area contributed by atoms with E-state index in [1.807, 2.05) is 0 Å². The number of nitrogens with zero attached hydrogens (tertiary/aromatic N) is 1. The molecule has 0 aromatic rings. The van der Waals surface area contributed by atoms with Crippen LogP contribution in [0.1, 0.15) is 19.3 Å². The van der Waals surface area contributed by atoms with Crippen molar-refractivity contribution in [2.24, 2.45) is 5.92 Å². The number of aliphatic hydroxyl groups excluding tert-OH is 1. The molecule has 1 atom stereocenters. The Morgan fingerprint density at radius 3 is 2.83 bits per heavy atom. The zero-order valence-corrected chi connectivity index (χ0v) is 7.54. The summed E-state index contributed by atoms with van der Waals surface area (Å²) in [6.45, 7) is 3.49. The fourth-order valence-electron chi connectivity index (χ4n) is 1.70. The molecule has 3 nitrogen and oxygen atoms in total. The molecule has 12 heavy (non-hydrogen) atoms. The van der Waals surface area contributed by atoms with E-state index < -0.39 is 0 Å². The SMILES string of the molecule is [O]CC1CCN(CCCCO)C1. The molecule has 0 saturated carbocycles. The fourth-order valence-corrected chi connectivity index (χ4v) is 1.70. The van der Waals surface area contributed by atoms with E-state index in [0.717, 1.165) is 38.9 Å². The van der Waals surface area contributed by atoms with Gasteiger partial charge in [0.2, 0.25) is 0 Å². The van der Waals surface area contributed by atoms with Crippen molar-refractivity contribution < 1.29 is 10.2 Å². The molecule has 1 unspecified atom stereocenters. The van der Waals surface area contributed by atoms with E-state index in [1.165, 1.54) is 0 Å². The largest absolute Gasteiger partial charge is 0.396 e. The van der Waals surface area contributed by atoms with Crippen molar-refractivity contribution in [2.45, 2.75) is 19.3 Å². The van der Waals surface area contributed by atoms with Gasteiger partial charge in [-0.3, -0.25) is 0 Å². The van der Waals surface area contributed by atoms with Gasteiger partial charge in [-0.15, -0.1) is 0 Å². The highest BCUT2D eigenvalue weighted by Gasteiger charge is 2.21. The number of hydrogen-bond acceptors (Lipinski definition) is 2. The van der Waals surface area contributed by atoms with Crippen molar-refractivity contribution in [3.63, 3.8) is 0 Å². The lowest BCUT2D eigenvalue weighted by Gasteiger charge is -2.14. The Bertz CT molecular complexity index is 119. The van der Waals surface area contributed by atoms with E-state index in [0.29, 0.717) is 12.5 Å². The maximum atomic E-state index is 10.5. The van der Waals surface area contributed by atoms with Crippen LogP contribution in [0.25, 0.3) is 0 Å². The summed E-state index contributed by atoms with van der Waals surface area (Å²) in [6, 6.07) is 0. The van der Waals surface area contributed by atoms with Gasteiger partial charge < -0.3 is 10.0 Å². The standard InChI is InChI=1S/C9H18NO2/c11-6-2-1-4-10-5-3-9(7-10)8-12/h9,11H,1-8H2. The van der Waals surface area contributed by atoms with Gasteiger partial charge >= 0.3 is 0 Å². The van der Waals surface area contributed by atoms with Gasteiger partial charge in [-0.1, -0.05) is 0 Å². The first kappa shape index (κ1) is 9.96. The molecule has 1 aliphatic rings. The van der Waals surface area contributed by atoms with Crippen LogP contribution in [0.4, 0.5) is 0 Å². The van der Waals surface area contributed by atoms with Gasteiger partial charge in [0.15, 0.2) is 0 Å². The molecule has 1 saturated heterocycles. The summed E-state index contributed by atoms with van der Waals surface area (Å²) >= 11 is 0. The zero-order chi connectivity index (χ0) is 8.81. The van der Waals surface area contributed by atoms with Crippen LogP contribution in [0, 0.1) is 5.92 Å². The first-order chi connectivity index (χ1) is 5.86. The van der Waals surface area contributed by atoms with Gasteiger partial charge in [0.25, 0.3) is 0 Å². The van der Waals surface area contributed by atoms with Gasteiger partial charge in [0.1, 0.15) is 0 Å². The van der Waals surface area contributed by atoms with Crippen molar-refractivity contribution in [3.8, 4) is 0 Å². The Morgan fingerprint density at radius 1 is 1.42 bits per heavy atom. The molecule has 0 spiro atoms. The van der Waals surface area contributed by atoms with Crippen molar-refractivity contribution in [1.82, 2.24) is 4.90 Å². The zero-order valence-electron chi connectivity index (χ0n) is 7.54. The van der Waals surface area contributed by atoms with E-state index in [9.17, 15) is 5.11 Å². The quantitative estimate of drug-likeness (QED) is 0.614. The van der Waals surface area contributed by atoms with E-state index in [4.69, 9.17) is 5.11 Å². The highest BCUT2D eigenvalue weighted by Crippen LogP contribution is 2.15. The average molecular weight is 172 g/mol. The van der Waals surface area contributed by atoms with Crippen LogP contribution in [0.15, 0.2) is 0 Å². The third-order valence-corrected chi connectivity index (χ3v) is 2.49. The first-order valence-electron chi connectivity index (χ1n) is 4.78. The maximum absolute atomic E-state index is 10.5. The van der Waals surface area contributed by atoms with Crippen LogP contribution in [-0.2, 0) is 5.11 Å². The second kappa shape index (κ2) is 5.51. The van der Waals surface area contributed by atoms with Crippen molar-refractivity contribution in [3.05, 3.63) is 0 Å². The molecule has 1 heterocycles. The number of likely N-dealkylation sites (tertiary alicyclic amines) is 1. The molecule has 1 rings (SSSR count). The van der Waals surface area contributed by atoms with Crippen LogP contribution >= 0.6 is 0 Å². The highest BCUT2D eigenvalue weighted by atomic mass is 16.3. The molecule has 0 amide bonds. The number of aliphatic hydroxyl groups is 1. The van der Waals surface area contributed by atoms with Gasteiger partial charge in [-0.25, -0.2) is 5.11 Å². The lowest BCUT2D eigenvalue weighted by Crippen LogP contribution is -2.22. The van der Waals surface area contributed by atoms with Crippen LogP contribution in [0.5, 0.6) is 0 Å². The summed E-state index contributed by atoms with van der Waals surface area (Å²) in [5, 5.41) is 19.1. The van der Waals surface area contributed by atoms with Gasteiger partial charge in [-0.2, -0.15) is 0 Å². The molecule has 1 aliphatic heterocycles. The molecule has 71 valence electrons. The number of unbranched alkanes of at least 4 members (excludes halogenated alkanes) is 1. The van der Waals surface area contributed by atoms with E-state index >= 15 is 0 Å². The number of hydrogen-bond donors (Lipinski definition) is 1. The predicted octanol–water partition coefficient (Wildman–Crippen LogP) is 0.511. The molecule has 1 fully saturated rings. The topological polar surface area (TPSA) is 43.4 Å². The van der Waals surface area contributed by atoms with Gasteiger partial charge in [0.05, 0.1) is 6.61 Å². The summed E-state index contributed by atoms with van der Waals surface area (Å²) in [7, 11) is 0. The third-order valence-electron chi connectivity index (χ3n) is 2.49. The molecule has 1 N–H and O–H groups in total. The fraction of sp³-hybridized carbons (Fsp3) is 1.00. The van der Waals surface area contributed by atoms with Crippen LogP contribution < -0.4 is 0 Å². The Labute approximate surface area is 74.0 Å². The minimum Gasteiger partial charge on any atom is -0.396 e. The summed E-state index contributed by atoms with van der Waals surface area (Å²) in [5.41, 5.74) is 0. The second-order valence-corrected chi connectivity index (χ2v) is 3.55. The van der Waals surface area contributed by atoms with E-state index in [2.05, 4.69) is 4.90 Å². The summed E-state index contributed by atoms with van der Waals surface area (Å²) in [5.74, 6) is 0.388. The summed E-state index contributed by atoms with van der Waals surface area (Å²) < 4.78 is 0. The van der Waals surface area contributed by atoms with Crippen molar-refractivity contribution in [1.29, 1.82) is 0 Å². The van der Waals surface area contributed by atoms with Crippen LogP contribution in [-0.4, -0.2) is 42.9 Å². The molecule has 0 bridgehead atoms. The van der Waals surface area contributed by atoms with E-state index in [1.54, 1.807) is 0 Å². The van der Waals surface area contributed by atoms with Gasteiger partial charge in [-0.05, 0) is 38.3 Å². The van der Waals surface area contributed by atoms with Gasteiger partial charge in [0, 0.05) is 13.2 Å². The van der Waals surface area contributed by atoms with Crippen LogP contribution in [0.2, 0.25) is 0 Å². The van der Waals surface area contributed by atoms with Crippen molar-refractivity contribution in [2.75, 3.05) is 32.8 Å². The Morgan fingerprint density at radius 2 is 2.25 bits per heavy atom. The minimum absolute atomic E-state index is 0.0799. The average Bonchev–Trinajstić information content (AvgIpc) is 2.53. The summed E-state index contributed by atoms with van der Waals surface area (Å²) in [6.07, 6.45) is 3.02. The monoisotopic (exact) mass is 172 g/mol. The van der Waals surface area contributed by atoms with E-state index in [-0.39, 0.29) is 6.61 Å². The third kappa shape index (κ3) is 3.09. The lowest BCUT2D eigenvalue weighted by molar-refractivity contribution is 0.144. The van der Waals surface area contributed by atoms with Crippen LogP contribution in [0.3, 0.4) is 0 Å². The molecule has 1 radical (unpaired) electrons. The Hall–Kier alpha value is -0.120. The molecular weight excluding hydrogens is 154 g/mol. The molecule has 0 aromatic heterocycles. The summed E-state index contributed by atoms with van der Waals surface area (Å²) in [4.78, 5) is 2.33. The molecule has 3 heteroatoms. The maximum Gasteiger partial charge on any atom is 0.0863 e.